The number of alkyl halides is 3. The Hall–Kier alpha value is -1.23. The summed E-state index contributed by atoms with van der Waals surface area (Å²) in [4.78, 5) is 0. The van der Waals surface area contributed by atoms with Crippen molar-refractivity contribution in [3.63, 3.8) is 0 Å². The highest BCUT2D eigenvalue weighted by Gasteiger charge is 2.32. The van der Waals surface area contributed by atoms with E-state index >= 15 is 0 Å². The summed E-state index contributed by atoms with van der Waals surface area (Å²) in [5.41, 5.74) is 0.915. The van der Waals surface area contributed by atoms with Crippen LogP contribution in [-0.4, -0.2) is 19.5 Å². The Morgan fingerprint density at radius 3 is 2.59 bits per heavy atom. The molecule has 17 heavy (non-hydrogen) atoms. The van der Waals surface area contributed by atoms with Gasteiger partial charge in [-0.2, -0.15) is 0 Å². The first kappa shape index (κ1) is 12.2. The summed E-state index contributed by atoms with van der Waals surface area (Å²) >= 11 is 0. The van der Waals surface area contributed by atoms with Crippen LogP contribution in [0.1, 0.15) is 24.3 Å². The zero-order valence-electron chi connectivity index (χ0n) is 9.42. The van der Waals surface area contributed by atoms with Crippen LogP contribution in [0.2, 0.25) is 0 Å². The van der Waals surface area contributed by atoms with Gasteiger partial charge in [-0.15, -0.1) is 13.2 Å². The summed E-state index contributed by atoms with van der Waals surface area (Å²) in [5.74, 6) is 0.201. The fraction of sp³-hybridized carbons (Fsp3) is 0.500. The van der Waals surface area contributed by atoms with Crippen LogP contribution in [0.3, 0.4) is 0 Å². The van der Waals surface area contributed by atoms with E-state index in [1.165, 1.54) is 12.1 Å². The number of nitrogens with one attached hydrogen (secondary N) is 1. The van der Waals surface area contributed by atoms with Crippen molar-refractivity contribution in [1.29, 1.82) is 0 Å². The average molecular weight is 245 g/mol. The van der Waals surface area contributed by atoms with Crippen molar-refractivity contribution in [2.75, 3.05) is 7.05 Å². The van der Waals surface area contributed by atoms with Crippen molar-refractivity contribution < 1.29 is 17.9 Å². The minimum atomic E-state index is -4.62. The molecular formula is C12H14F3NO. The van der Waals surface area contributed by atoms with Gasteiger partial charge in [0.25, 0.3) is 0 Å². The normalized spacial score (nSPS) is 24.2. The Kier molecular flexibility index (Phi) is 3.28. The maximum Gasteiger partial charge on any atom is 0.573 e. The van der Waals surface area contributed by atoms with Crippen LogP contribution in [0.5, 0.6) is 5.75 Å². The lowest BCUT2D eigenvalue weighted by atomic mass is 9.76. The molecule has 0 bridgehead atoms. The molecule has 0 radical (unpaired) electrons. The molecule has 1 aromatic rings. The molecule has 0 saturated heterocycles. The van der Waals surface area contributed by atoms with Gasteiger partial charge in [-0.3, -0.25) is 0 Å². The standard InChI is InChI=1S/C12H14F3NO/c1-16-10-5-9(6-10)8-3-2-4-11(7-8)17-12(13,14)15/h2-4,7,9-10,16H,5-6H2,1H3. The van der Waals surface area contributed by atoms with Crippen molar-refractivity contribution in [2.45, 2.75) is 31.2 Å². The molecule has 2 nitrogen and oxygen atoms in total. The average Bonchev–Trinajstić information content (AvgIpc) is 2.13. The van der Waals surface area contributed by atoms with Crippen LogP contribution < -0.4 is 10.1 Å². The lowest BCUT2D eigenvalue weighted by Crippen LogP contribution is -2.37. The minimum absolute atomic E-state index is 0.136. The van der Waals surface area contributed by atoms with Gasteiger partial charge in [-0.05, 0) is 43.5 Å². The first-order valence-corrected chi connectivity index (χ1v) is 5.51. The van der Waals surface area contributed by atoms with Crippen LogP contribution in [0.25, 0.3) is 0 Å². The molecule has 1 aliphatic rings. The SMILES string of the molecule is CNC1CC(c2cccc(OC(F)(F)F)c2)C1. The van der Waals surface area contributed by atoms with Crippen LogP contribution in [0.15, 0.2) is 24.3 Å². The Morgan fingerprint density at radius 1 is 1.29 bits per heavy atom. The summed E-state index contributed by atoms with van der Waals surface area (Å²) in [6, 6.07) is 6.73. The number of rotatable bonds is 3. The predicted octanol–water partition coefficient (Wildman–Crippen LogP) is 3.05. The molecule has 94 valence electrons. The Morgan fingerprint density at radius 2 is 2.00 bits per heavy atom. The van der Waals surface area contributed by atoms with Gasteiger partial charge in [0.2, 0.25) is 0 Å². The van der Waals surface area contributed by atoms with E-state index in [0.717, 1.165) is 18.4 Å². The molecule has 0 spiro atoms. The van der Waals surface area contributed by atoms with E-state index in [1.54, 1.807) is 6.07 Å². The third-order valence-corrected chi connectivity index (χ3v) is 3.11. The van der Waals surface area contributed by atoms with E-state index in [-0.39, 0.29) is 5.75 Å². The van der Waals surface area contributed by atoms with Gasteiger partial charge in [0, 0.05) is 6.04 Å². The molecule has 2 rings (SSSR count). The molecule has 1 fully saturated rings. The monoisotopic (exact) mass is 245 g/mol. The fourth-order valence-corrected chi connectivity index (χ4v) is 2.09. The smallest absolute Gasteiger partial charge is 0.406 e. The molecule has 1 N–H and O–H groups in total. The first-order chi connectivity index (χ1) is 7.98. The second kappa shape index (κ2) is 4.56. The van der Waals surface area contributed by atoms with Gasteiger partial charge in [0.1, 0.15) is 5.75 Å². The Labute approximate surface area is 97.8 Å². The molecule has 0 aliphatic heterocycles. The summed E-state index contributed by atoms with van der Waals surface area (Å²) in [5, 5.41) is 3.14. The molecular weight excluding hydrogens is 231 g/mol. The van der Waals surface area contributed by atoms with Gasteiger partial charge in [-0.1, -0.05) is 12.1 Å². The molecule has 5 heteroatoms. The molecule has 1 aromatic carbocycles. The lowest BCUT2D eigenvalue weighted by molar-refractivity contribution is -0.274. The minimum Gasteiger partial charge on any atom is -0.406 e. The van der Waals surface area contributed by atoms with E-state index in [4.69, 9.17) is 0 Å². The number of hydrogen-bond donors (Lipinski definition) is 1. The van der Waals surface area contributed by atoms with Gasteiger partial charge < -0.3 is 10.1 Å². The molecule has 0 heterocycles. The van der Waals surface area contributed by atoms with Crippen molar-refractivity contribution in [2.24, 2.45) is 0 Å². The van der Waals surface area contributed by atoms with Gasteiger partial charge in [-0.25, -0.2) is 0 Å². The number of halogens is 3. The molecule has 1 saturated carbocycles. The molecule has 0 atom stereocenters. The van der Waals surface area contributed by atoms with Crippen LogP contribution in [0, 0.1) is 0 Å². The maximum atomic E-state index is 12.1. The summed E-state index contributed by atoms with van der Waals surface area (Å²) in [7, 11) is 1.89. The Bertz CT molecular complexity index is 386. The van der Waals surface area contributed by atoms with Gasteiger partial charge >= 0.3 is 6.36 Å². The van der Waals surface area contributed by atoms with Crippen molar-refractivity contribution in [3.8, 4) is 5.75 Å². The van der Waals surface area contributed by atoms with E-state index in [1.807, 2.05) is 13.1 Å². The second-order valence-corrected chi connectivity index (χ2v) is 4.27. The topological polar surface area (TPSA) is 21.3 Å². The number of benzene rings is 1. The fourth-order valence-electron chi connectivity index (χ4n) is 2.09. The maximum absolute atomic E-state index is 12.1. The lowest BCUT2D eigenvalue weighted by Gasteiger charge is -2.35. The summed E-state index contributed by atoms with van der Waals surface area (Å²) < 4.78 is 40.1. The van der Waals surface area contributed by atoms with Crippen LogP contribution in [-0.2, 0) is 0 Å². The summed E-state index contributed by atoms with van der Waals surface area (Å²) in [6.07, 6.45) is -2.69. The van der Waals surface area contributed by atoms with Crippen LogP contribution >= 0.6 is 0 Å². The second-order valence-electron chi connectivity index (χ2n) is 4.27. The van der Waals surface area contributed by atoms with E-state index in [2.05, 4.69) is 10.1 Å². The van der Waals surface area contributed by atoms with E-state index in [9.17, 15) is 13.2 Å². The van der Waals surface area contributed by atoms with Crippen molar-refractivity contribution in [1.82, 2.24) is 5.32 Å². The van der Waals surface area contributed by atoms with Crippen molar-refractivity contribution >= 4 is 0 Å². The summed E-state index contributed by atoms with van der Waals surface area (Å²) in [6.45, 7) is 0. The first-order valence-electron chi connectivity index (χ1n) is 5.51. The number of hydrogen-bond acceptors (Lipinski definition) is 2. The molecule has 1 aliphatic carbocycles. The van der Waals surface area contributed by atoms with E-state index in [0.29, 0.717) is 12.0 Å². The molecule has 0 unspecified atom stereocenters. The van der Waals surface area contributed by atoms with E-state index < -0.39 is 6.36 Å². The van der Waals surface area contributed by atoms with Gasteiger partial charge in [0.05, 0.1) is 0 Å². The Balaban J connectivity index is 2.03. The quantitative estimate of drug-likeness (QED) is 0.883. The molecule has 0 aromatic heterocycles. The van der Waals surface area contributed by atoms with Crippen LogP contribution in [0.4, 0.5) is 13.2 Å². The van der Waals surface area contributed by atoms with Gasteiger partial charge in [0.15, 0.2) is 0 Å². The highest BCUT2D eigenvalue weighted by Crippen LogP contribution is 2.38. The highest BCUT2D eigenvalue weighted by atomic mass is 19.4. The van der Waals surface area contributed by atoms with Crippen molar-refractivity contribution in [3.05, 3.63) is 29.8 Å². The highest BCUT2D eigenvalue weighted by molar-refractivity contribution is 5.32. The largest absolute Gasteiger partial charge is 0.573 e. The third kappa shape index (κ3) is 3.12. The number of ether oxygens (including phenoxy) is 1. The zero-order valence-corrected chi connectivity index (χ0v) is 9.42. The molecule has 0 amide bonds. The third-order valence-electron chi connectivity index (χ3n) is 3.11. The predicted molar refractivity (Wildman–Crippen MR) is 57.9 cm³/mol. The zero-order chi connectivity index (χ0) is 12.5.